The number of anilines is 1. The van der Waals surface area contributed by atoms with E-state index < -0.39 is 5.54 Å². The summed E-state index contributed by atoms with van der Waals surface area (Å²) in [6, 6.07) is 3.90. The molecule has 1 atom stereocenters. The largest absolute Gasteiger partial charge is 0.342 e. The molecular weight excluding hydrogens is 240 g/mol. The molecule has 2 heterocycles. The van der Waals surface area contributed by atoms with E-state index in [0.717, 1.165) is 24.5 Å². The second-order valence-corrected chi connectivity index (χ2v) is 5.68. The third-order valence-corrected chi connectivity index (χ3v) is 3.78. The van der Waals surface area contributed by atoms with Crippen molar-refractivity contribution < 1.29 is 4.79 Å². The van der Waals surface area contributed by atoms with E-state index in [-0.39, 0.29) is 11.9 Å². The minimum atomic E-state index is -0.560. The summed E-state index contributed by atoms with van der Waals surface area (Å²) in [5.41, 5.74) is 6.26. The molecule has 5 nitrogen and oxygen atoms in total. The predicted molar refractivity (Wildman–Crippen MR) is 75.9 cm³/mol. The summed E-state index contributed by atoms with van der Waals surface area (Å²) in [4.78, 5) is 20.5. The normalized spacial score (nSPS) is 20.6. The first-order chi connectivity index (χ1) is 8.84. The van der Waals surface area contributed by atoms with Crippen LogP contribution in [0, 0.1) is 0 Å². The number of rotatable bonds is 2. The third kappa shape index (κ3) is 2.42. The van der Waals surface area contributed by atoms with Crippen molar-refractivity contribution in [2.24, 2.45) is 5.73 Å². The van der Waals surface area contributed by atoms with Gasteiger partial charge in [0.05, 0.1) is 0 Å². The molecule has 1 aliphatic heterocycles. The molecule has 2 rings (SSSR count). The smallest absolute Gasteiger partial charge is 0.247 e. The number of pyridine rings is 1. The zero-order valence-corrected chi connectivity index (χ0v) is 12.1. The molecule has 5 heteroatoms. The van der Waals surface area contributed by atoms with Gasteiger partial charge in [0.15, 0.2) is 0 Å². The van der Waals surface area contributed by atoms with Crippen LogP contribution < -0.4 is 10.6 Å². The Morgan fingerprint density at radius 3 is 2.58 bits per heavy atom. The fourth-order valence-corrected chi connectivity index (χ4v) is 2.44. The van der Waals surface area contributed by atoms with Crippen molar-refractivity contribution >= 4 is 11.7 Å². The van der Waals surface area contributed by atoms with E-state index >= 15 is 0 Å². The molecule has 104 valence electrons. The summed E-state index contributed by atoms with van der Waals surface area (Å²) in [5, 5.41) is 0. The number of nitrogens with two attached hydrogens (primary N) is 1. The van der Waals surface area contributed by atoms with Gasteiger partial charge in [0.1, 0.15) is 11.4 Å². The van der Waals surface area contributed by atoms with Gasteiger partial charge < -0.3 is 15.5 Å². The molecule has 1 saturated heterocycles. The highest BCUT2D eigenvalue weighted by Crippen LogP contribution is 2.27. The van der Waals surface area contributed by atoms with E-state index in [1.165, 1.54) is 0 Å². The van der Waals surface area contributed by atoms with Crippen LogP contribution in [0.25, 0.3) is 0 Å². The van der Waals surface area contributed by atoms with Crippen LogP contribution in [-0.2, 0) is 4.79 Å². The van der Waals surface area contributed by atoms with Gasteiger partial charge in [0, 0.05) is 32.4 Å². The number of amides is 1. The minimum absolute atomic E-state index is 0.0244. The van der Waals surface area contributed by atoms with E-state index in [4.69, 9.17) is 5.73 Å². The highest BCUT2D eigenvalue weighted by atomic mass is 16.2. The lowest BCUT2D eigenvalue weighted by Gasteiger charge is -2.45. The van der Waals surface area contributed by atoms with Crippen LogP contribution in [0.1, 0.15) is 32.4 Å². The van der Waals surface area contributed by atoms with Crippen molar-refractivity contribution in [1.82, 2.24) is 9.88 Å². The van der Waals surface area contributed by atoms with Crippen LogP contribution in [0.15, 0.2) is 18.3 Å². The van der Waals surface area contributed by atoms with Gasteiger partial charge in [0.2, 0.25) is 5.91 Å². The van der Waals surface area contributed by atoms with Gasteiger partial charge in [0.25, 0.3) is 0 Å². The summed E-state index contributed by atoms with van der Waals surface area (Å²) in [5.74, 6) is 0.952. The van der Waals surface area contributed by atoms with Crippen LogP contribution >= 0.6 is 0 Å². The van der Waals surface area contributed by atoms with Crippen LogP contribution in [0.3, 0.4) is 0 Å². The second-order valence-electron chi connectivity index (χ2n) is 5.68. The van der Waals surface area contributed by atoms with Gasteiger partial charge in [-0.25, -0.2) is 4.98 Å². The topological polar surface area (TPSA) is 62.5 Å². The number of piperazine rings is 1. The Balaban J connectivity index is 2.28. The van der Waals surface area contributed by atoms with Crippen LogP contribution in [0.2, 0.25) is 0 Å². The van der Waals surface area contributed by atoms with Crippen molar-refractivity contribution in [1.29, 1.82) is 0 Å². The first-order valence-corrected chi connectivity index (χ1v) is 6.59. The highest BCUT2D eigenvalue weighted by molar-refractivity contribution is 5.90. The number of nitrogens with zero attached hydrogens (tertiary/aromatic N) is 3. The molecule has 2 N–H and O–H groups in total. The number of aromatic nitrogens is 1. The Morgan fingerprint density at radius 2 is 2.05 bits per heavy atom. The molecule has 1 amide bonds. The standard InChI is InChI=1S/C14H22N4O/c1-10(15)11-5-6-12(16-9-11)18-8-7-17(4)13(19)14(18,2)3/h5-6,9-10H,7-8,15H2,1-4H3. The zero-order valence-electron chi connectivity index (χ0n) is 12.1. The molecule has 0 aliphatic carbocycles. The predicted octanol–water partition coefficient (Wildman–Crippen LogP) is 1.16. The fourth-order valence-electron chi connectivity index (χ4n) is 2.44. The van der Waals surface area contributed by atoms with Gasteiger partial charge in [-0.15, -0.1) is 0 Å². The molecule has 0 aromatic carbocycles. The van der Waals surface area contributed by atoms with E-state index in [2.05, 4.69) is 9.88 Å². The first-order valence-electron chi connectivity index (χ1n) is 6.59. The average Bonchev–Trinajstić information content (AvgIpc) is 2.36. The number of likely N-dealkylation sites (N-methyl/N-ethyl adjacent to an activating group) is 1. The van der Waals surface area contributed by atoms with Crippen molar-refractivity contribution in [2.45, 2.75) is 32.4 Å². The SMILES string of the molecule is CC(N)c1ccc(N2CCN(C)C(=O)C2(C)C)nc1. The Bertz CT molecular complexity index is 467. The summed E-state index contributed by atoms with van der Waals surface area (Å²) in [6.45, 7) is 7.32. The lowest BCUT2D eigenvalue weighted by atomic mass is 9.97. The Morgan fingerprint density at radius 1 is 1.37 bits per heavy atom. The zero-order chi connectivity index (χ0) is 14.2. The molecule has 0 radical (unpaired) electrons. The number of hydrogen-bond acceptors (Lipinski definition) is 4. The average molecular weight is 262 g/mol. The first kappa shape index (κ1) is 13.8. The molecular formula is C14H22N4O. The van der Waals surface area contributed by atoms with Crippen molar-refractivity contribution in [3.63, 3.8) is 0 Å². The summed E-state index contributed by atoms with van der Waals surface area (Å²) < 4.78 is 0. The monoisotopic (exact) mass is 262 g/mol. The van der Waals surface area contributed by atoms with Gasteiger partial charge in [-0.05, 0) is 32.4 Å². The molecule has 0 spiro atoms. The van der Waals surface area contributed by atoms with E-state index in [1.54, 1.807) is 11.1 Å². The Labute approximate surface area is 114 Å². The maximum Gasteiger partial charge on any atom is 0.247 e. The quantitative estimate of drug-likeness (QED) is 0.868. The van der Waals surface area contributed by atoms with E-state index in [0.29, 0.717) is 0 Å². The second kappa shape index (κ2) is 4.81. The molecule has 1 aromatic heterocycles. The van der Waals surface area contributed by atoms with Gasteiger partial charge in [-0.3, -0.25) is 4.79 Å². The van der Waals surface area contributed by atoms with Crippen LogP contribution in [0.5, 0.6) is 0 Å². The van der Waals surface area contributed by atoms with Gasteiger partial charge in [-0.1, -0.05) is 6.07 Å². The van der Waals surface area contributed by atoms with Crippen LogP contribution in [0.4, 0.5) is 5.82 Å². The Kier molecular flexibility index (Phi) is 3.49. The van der Waals surface area contributed by atoms with Gasteiger partial charge in [-0.2, -0.15) is 0 Å². The van der Waals surface area contributed by atoms with Gasteiger partial charge >= 0.3 is 0 Å². The van der Waals surface area contributed by atoms with Crippen LogP contribution in [-0.4, -0.2) is 41.5 Å². The molecule has 19 heavy (non-hydrogen) atoms. The lowest BCUT2D eigenvalue weighted by Crippen LogP contribution is -2.62. The fraction of sp³-hybridized carbons (Fsp3) is 0.571. The maximum atomic E-state index is 12.2. The molecule has 0 bridgehead atoms. The maximum absolute atomic E-state index is 12.2. The summed E-state index contributed by atoms with van der Waals surface area (Å²) in [6.07, 6.45) is 1.79. The number of carbonyl (C=O) groups excluding carboxylic acids is 1. The summed E-state index contributed by atoms with van der Waals surface area (Å²) >= 11 is 0. The Hall–Kier alpha value is -1.62. The highest BCUT2D eigenvalue weighted by Gasteiger charge is 2.41. The van der Waals surface area contributed by atoms with Crippen molar-refractivity contribution in [2.75, 3.05) is 25.0 Å². The molecule has 0 saturated carbocycles. The molecule has 1 aromatic rings. The van der Waals surface area contributed by atoms with Crippen molar-refractivity contribution in [3.05, 3.63) is 23.9 Å². The number of hydrogen-bond donors (Lipinski definition) is 1. The number of carbonyl (C=O) groups is 1. The molecule has 1 aliphatic rings. The lowest BCUT2D eigenvalue weighted by molar-refractivity contribution is -0.136. The van der Waals surface area contributed by atoms with E-state index in [9.17, 15) is 4.79 Å². The minimum Gasteiger partial charge on any atom is -0.342 e. The molecule has 1 fully saturated rings. The van der Waals surface area contributed by atoms with Crippen molar-refractivity contribution in [3.8, 4) is 0 Å². The van der Waals surface area contributed by atoms with E-state index in [1.807, 2.05) is 40.0 Å². The molecule has 1 unspecified atom stereocenters. The summed E-state index contributed by atoms with van der Waals surface area (Å²) in [7, 11) is 1.84. The third-order valence-electron chi connectivity index (χ3n) is 3.78.